The van der Waals surface area contributed by atoms with Crippen molar-refractivity contribution in [3.05, 3.63) is 35.4 Å². The van der Waals surface area contributed by atoms with Crippen molar-refractivity contribution in [2.45, 2.75) is 195 Å². The van der Waals surface area contributed by atoms with Crippen LogP contribution in [-0.2, 0) is 19.1 Å². The molecule has 0 aliphatic rings. The molecule has 0 heterocycles. The molecule has 0 saturated carbocycles. The van der Waals surface area contributed by atoms with Gasteiger partial charge in [-0.05, 0) is 43.6 Å². The van der Waals surface area contributed by atoms with E-state index >= 15 is 0 Å². The summed E-state index contributed by atoms with van der Waals surface area (Å²) in [4.78, 5) is 52.4. The number of ether oxygens (including phenoxy) is 2. The van der Waals surface area contributed by atoms with Crippen molar-refractivity contribution < 1.29 is 28.7 Å². The molecule has 0 aliphatic carbocycles. The maximum absolute atomic E-state index is 13.1. The lowest BCUT2D eigenvalue weighted by atomic mass is 9.98. The van der Waals surface area contributed by atoms with E-state index < -0.39 is 12.2 Å². The van der Waals surface area contributed by atoms with Crippen LogP contribution in [0.1, 0.15) is 204 Å². The SMILES string of the molecule is CCCCCCCCCCCC(=O)[C@@H](CC(C)C)OCC(=O)c1cccc(C(=O)CO[C@H](CC(C)C)C(=O)CCCCCCCCCCC)c1. The molecule has 1 aromatic carbocycles. The normalized spacial score (nSPS) is 12.8. The highest BCUT2D eigenvalue weighted by Crippen LogP contribution is 2.18. The summed E-state index contributed by atoms with van der Waals surface area (Å²) >= 11 is 0. The summed E-state index contributed by atoms with van der Waals surface area (Å²) in [6.45, 7) is 12.3. The monoisotopic (exact) mass is 699 g/mol. The highest BCUT2D eigenvalue weighted by atomic mass is 16.5. The van der Waals surface area contributed by atoms with Gasteiger partial charge in [0.1, 0.15) is 25.4 Å². The van der Waals surface area contributed by atoms with E-state index in [4.69, 9.17) is 9.47 Å². The van der Waals surface area contributed by atoms with Crippen molar-refractivity contribution in [3.63, 3.8) is 0 Å². The molecule has 0 spiro atoms. The van der Waals surface area contributed by atoms with Crippen molar-refractivity contribution in [2.75, 3.05) is 13.2 Å². The van der Waals surface area contributed by atoms with Crippen molar-refractivity contribution in [1.82, 2.24) is 0 Å². The van der Waals surface area contributed by atoms with Gasteiger partial charge in [-0.15, -0.1) is 0 Å². The van der Waals surface area contributed by atoms with Gasteiger partial charge < -0.3 is 9.47 Å². The van der Waals surface area contributed by atoms with E-state index in [1.54, 1.807) is 24.3 Å². The molecule has 0 unspecified atom stereocenters. The quantitative estimate of drug-likeness (QED) is 0.0526. The first kappa shape index (κ1) is 45.8. The Hall–Kier alpha value is -2.18. The number of Topliss-reactive ketones (excluding diaryl/α,β-unsaturated/α-hetero) is 4. The van der Waals surface area contributed by atoms with Gasteiger partial charge in [0.25, 0.3) is 0 Å². The van der Waals surface area contributed by atoms with Crippen LogP contribution in [0.5, 0.6) is 0 Å². The van der Waals surface area contributed by atoms with E-state index in [0.29, 0.717) is 36.8 Å². The predicted octanol–water partition coefficient (Wildman–Crippen LogP) is 11.9. The number of rotatable bonds is 34. The highest BCUT2D eigenvalue weighted by Gasteiger charge is 2.24. The minimum atomic E-state index is -0.600. The number of hydrogen-bond donors (Lipinski definition) is 0. The van der Waals surface area contributed by atoms with Gasteiger partial charge in [-0.25, -0.2) is 0 Å². The van der Waals surface area contributed by atoms with E-state index in [0.717, 1.165) is 38.5 Å². The van der Waals surface area contributed by atoms with Crippen LogP contribution in [0.15, 0.2) is 24.3 Å². The predicted molar refractivity (Wildman–Crippen MR) is 207 cm³/mol. The molecule has 0 saturated heterocycles. The molecule has 6 nitrogen and oxygen atoms in total. The molecule has 50 heavy (non-hydrogen) atoms. The minimum absolute atomic E-state index is 0.0684. The van der Waals surface area contributed by atoms with Crippen LogP contribution in [0.25, 0.3) is 0 Å². The summed E-state index contributed by atoms with van der Waals surface area (Å²) in [5, 5.41) is 0. The fourth-order valence-electron chi connectivity index (χ4n) is 6.37. The Labute approximate surface area is 306 Å². The van der Waals surface area contributed by atoms with Gasteiger partial charge in [-0.1, -0.05) is 162 Å². The van der Waals surface area contributed by atoms with Gasteiger partial charge in [-0.3, -0.25) is 19.2 Å². The molecule has 0 N–H and O–H groups in total. The number of unbranched alkanes of at least 4 members (excludes halogenated alkanes) is 16. The Morgan fingerprint density at radius 3 is 1.14 bits per heavy atom. The third kappa shape index (κ3) is 22.6. The largest absolute Gasteiger partial charge is 0.362 e. The van der Waals surface area contributed by atoms with Crippen LogP contribution in [0, 0.1) is 11.8 Å². The number of carbonyl (C=O) groups is 4. The zero-order valence-corrected chi connectivity index (χ0v) is 33.0. The van der Waals surface area contributed by atoms with E-state index in [1.165, 1.54) is 77.0 Å². The zero-order valence-electron chi connectivity index (χ0n) is 33.0. The molecule has 0 amide bonds. The van der Waals surface area contributed by atoms with Crippen molar-refractivity contribution in [3.8, 4) is 0 Å². The van der Waals surface area contributed by atoms with Crippen LogP contribution in [0.4, 0.5) is 0 Å². The third-order valence-corrected chi connectivity index (χ3v) is 9.48. The van der Waals surface area contributed by atoms with E-state index in [-0.39, 0.29) is 48.2 Å². The van der Waals surface area contributed by atoms with Crippen LogP contribution < -0.4 is 0 Å². The molecule has 1 aromatic rings. The maximum Gasteiger partial charge on any atom is 0.188 e. The first-order chi connectivity index (χ1) is 24.1. The Morgan fingerprint density at radius 1 is 0.500 bits per heavy atom. The van der Waals surface area contributed by atoms with Crippen LogP contribution in [0.2, 0.25) is 0 Å². The molecule has 0 bridgehead atoms. The van der Waals surface area contributed by atoms with Gasteiger partial charge in [0.2, 0.25) is 0 Å². The molecule has 0 fully saturated rings. The molecule has 2 atom stereocenters. The summed E-state index contributed by atoms with van der Waals surface area (Å²) in [7, 11) is 0. The summed E-state index contributed by atoms with van der Waals surface area (Å²) in [6.07, 6.45) is 22.4. The molecule has 6 heteroatoms. The number of carbonyl (C=O) groups excluding carboxylic acids is 4. The molecule has 286 valence electrons. The molecular weight excluding hydrogens is 624 g/mol. The minimum Gasteiger partial charge on any atom is -0.362 e. The van der Waals surface area contributed by atoms with Gasteiger partial charge in [0, 0.05) is 24.0 Å². The Bertz CT molecular complexity index is 981. The maximum atomic E-state index is 13.1. The Balaban J connectivity index is 2.58. The average Bonchev–Trinajstić information content (AvgIpc) is 3.09. The lowest BCUT2D eigenvalue weighted by Gasteiger charge is -2.19. The summed E-state index contributed by atoms with van der Waals surface area (Å²) in [6, 6.07) is 6.59. The second-order valence-corrected chi connectivity index (χ2v) is 15.4. The van der Waals surface area contributed by atoms with Crippen molar-refractivity contribution >= 4 is 23.1 Å². The Kier molecular flexibility index (Phi) is 27.0. The standard InChI is InChI=1S/C44H74O6/c1-7-9-11-13-15-17-19-21-23-28-39(45)43(30-35(3)4)49-33-41(47)37-26-25-27-38(32-37)42(48)34-50-44(31-36(5)6)40(46)29-24-22-20-18-16-14-12-10-8-2/h25-27,32,35-36,43-44H,7-24,28-31,33-34H2,1-6H3/t43-,44-/m1/s1. The Morgan fingerprint density at radius 2 is 0.820 bits per heavy atom. The molecule has 0 aromatic heterocycles. The van der Waals surface area contributed by atoms with Crippen molar-refractivity contribution in [1.29, 1.82) is 0 Å². The first-order valence-electron chi connectivity index (χ1n) is 20.5. The van der Waals surface area contributed by atoms with Gasteiger partial charge in [-0.2, -0.15) is 0 Å². The second kappa shape index (κ2) is 29.4. The van der Waals surface area contributed by atoms with E-state index in [2.05, 4.69) is 41.5 Å². The third-order valence-electron chi connectivity index (χ3n) is 9.48. The highest BCUT2D eigenvalue weighted by molar-refractivity contribution is 6.02. The fraction of sp³-hybridized carbons (Fsp3) is 0.773. The molecule has 0 radical (unpaired) electrons. The topological polar surface area (TPSA) is 86.7 Å². The van der Waals surface area contributed by atoms with Gasteiger partial charge in [0.05, 0.1) is 0 Å². The molecule has 1 rings (SSSR count). The van der Waals surface area contributed by atoms with E-state index in [1.807, 2.05) is 0 Å². The number of benzene rings is 1. The summed E-state index contributed by atoms with van der Waals surface area (Å²) in [5.74, 6) is 0.134. The lowest BCUT2D eigenvalue weighted by molar-refractivity contribution is -0.131. The van der Waals surface area contributed by atoms with Gasteiger partial charge >= 0.3 is 0 Å². The van der Waals surface area contributed by atoms with Crippen molar-refractivity contribution in [2.24, 2.45) is 11.8 Å². The number of ketones is 4. The molecule has 0 aliphatic heterocycles. The van der Waals surface area contributed by atoms with E-state index in [9.17, 15) is 19.2 Å². The zero-order chi connectivity index (χ0) is 37.0. The first-order valence-corrected chi connectivity index (χ1v) is 20.5. The number of hydrogen-bond acceptors (Lipinski definition) is 6. The summed E-state index contributed by atoms with van der Waals surface area (Å²) < 4.78 is 11.9. The van der Waals surface area contributed by atoms with Crippen LogP contribution in [-0.4, -0.2) is 48.6 Å². The smallest absolute Gasteiger partial charge is 0.188 e. The average molecular weight is 699 g/mol. The second-order valence-electron chi connectivity index (χ2n) is 15.4. The van der Waals surface area contributed by atoms with Gasteiger partial charge in [0.15, 0.2) is 23.1 Å². The van der Waals surface area contributed by atoms with Crippen LogP contribution in [0.3, 0.4) is 0 Å². The molecular formula is C44H74O6. The fourth-order valence-corrected chi connectivity index (χ4v) is 6.37. The summed E-state index contributed by atoms with van der Waals surface area (Å²) in [5.41, 5.74) is 0.733. The van der Waals surface area contributed by atoms with Crippen LogP contribution >= 0.6 is 0 Å². The lowest BCUT2D eigenvalue weighted by Crippen LogP contribution is -2.29.